The van der Waals surface area contributed by atoms with Gasteiger partial charge in [-0.15, -0.1) is 0 Å². The zero-order valence-corrected chi connectivity index (χ0v) is 10.4. The van der Waals surface area contributed by atoms with Gasteiger partial charge in [0.05, 0.1) is 15.1 Å². The summed E-state index contributed by atoms with van der Waals surface area (Å²) in [6, 6.07) is 7.26. The van der Waals surface area contributed by atoms with E-state index in [9.17, 15) is 0 Å². The van der Waals surface area contributed by atoms with Crippen LogP contribution in [-0.4, -0.2) is 17.6 Å². The lowest BCUT2D eigenvalue weighted by atomic mass is 10.2. The highest BCUT2D eigenvalue weighted by Crippen LogP contribution is 2.35. The Kier molecular flexibility index (Phi) is 1.81. The van der Waals surface area contributed by atoms with Crippen LogP contribution in [0.1, 0.15) is 22.2 Å². The van der Waals surface area contributed by atoms with Crippen LogP contribution in [0.25, 0.3) is 0 Å². The van der Waals surface area contributed by atoms with Crippen molar-refractivity contribution in [3.05, 3.63) is 53.4 Å². The molecule has 0 aliphatic carbocycles. The standard InChI is InChI=1S/C15H18N2/c1-11-6-4-5-7-14(11)17-10-16-12(2)8-9-15(16)13(17)3/h4-9,12H,10H2,1-3H3/i10D,12D. The molecule has 0 bridgehead atoms. The molecule has 0 aromatic heterocycles. The molecule has 1 aromatic rings. The number of hydrogen-bond acceptors (Lipinski definition) is 2. The monoisotopic (exact) mass is 228 g/mol. The Morgan fingerprint density at radius 3 is 2.82 bits per heavy atom. The van der Waals surface area contributed by atoms with Crippen molar-refractivity contribution < 1.29 is 2.74 Å². The van der Waals surface area contributed by atoms with Gasteiger partial charge in [-0.05, 0) is 38.5 Å². The number of fused-ring (bicyclic) bond motifs is 1. The predicted octanol–water partition coefficient (Wildman–Crippen LogP) is 3.26. The number of nitrogens with zero attached hydrogens (tertiary/aromatic N) is 2. The summed E-state index contributed by atoms with van der Waals surface area (Å²) >= 11 is 0. The van der Waals surface area contributed by atoms with Crippen molar-refractivity contribution in [2.75, 3.05) is 11.5 Å². The first-order valence-electron chi connectivity index (χ1n) is 6.98. The van der Waals surface area contributed by atoms with Gasteiger partial charge in [0.25, 0.3) is 0 Å². The summed E-state index contributed by atoms with van der Waals surface area (Å²) in [5.74, 6) is 0. The summed E-state index contributed by atoms with van der Waals surface area (Å²) in [7, 11) is 0. The van der Waals surface area contributed by atoms with E-state index < -0.39 is 12.7 Å². The molecule has 0 spiro atoms. The smallest absolute Gasteiger partial charge is 0.0955 e. The molecule has 2 unspecified atom stereocenters. The molecule has 2 nitrogen and oxygen atoms in total. The normalized spacial score (nSPS) is 33.0. The molecular formula is C15H18N2. The molecule has 3 rings (SSSR count). The Morgan fingerprint density at radius 2 is 2.12 bits per heavy atom. The minimum absolute atomic E-state index is 0.575. The van der Waals surface area contributed by atoms with Crippen LogP contribution in [0.4, 0.5) is 5.69 Å². The third-order valence-electron chi connectivity index (χ3n) is 3.46. The first kappa shape index (κ1) is 8.40. The Morgan fingerprint density at radius 1 is 1.35 bits per heavy atom. The Bertz CT molecular complexity index is 590. The van der Waals surface area contributed by atoms with Crippen LogP contribution in [0, 0.1) is 6.92 Å². The Labute approximate surface area is 106 Å². The average molecular weight is 228 g/mol. The minimum atomic E-state index is -0.833. The molecule has 2 aliphatic rings. The molecule has 0 radical (unpaired) electrons. The second kappa shape index (κ2) is 3.66. The number of rotatable bonds is 1. The topological polar surface area (TPSA) is 6.48 Å². The highest BCUT2D eigenvalue weighted by molar-refractivity contribution is 5.60. The largest absolute Gasteiger partial charge is 0.346 e. The number of allylic oxidation sites excluding steroid dienone is 2. The zero-order valence-electron chi connectivity index (χ0n) is 12.4. The molecule has 0 saturated heterocycles. The lowest BCUT2D eigenvalue weighted by molar-refractivity contribution is 0.362. The van der Waals surface area contributed by atoms with E-state index in [1.807, 2.05) is 54.0 Å². The highest BCUT2D eigenvalue weighted by Gasteiger charge is 2.31. The van der Waals surface area contributed by atoms with Crippen molar-refractivity contribution in [2.24, 2.45) is 0 Å². The molecule has 0 fully saturated rings. The first-order valence-corrected chi connectivity index (χ1v) is 5.90. The van der Waals surface area contributed by atoms with Crippen molar-refractivity contribution in [3.63, 3.8) is 0 Å². The van der Waals surface area contributed by atoms with Gasteiger partial charge < -0.3 is 9.80 Å². The highest BCUT2D eigenvalue weighted by atomic mass is 15.4. The Balaban J connectivity index is 2.10. The van der Waals surface area contributed by atoms with Crippen molar-refractivity contribution in [3.8, 4) is 0 Å². The zero-order chi connectivity index (χ0) is 13.8. The van der Waals surface area contributed by atoms with Gasteiger partial charge in [-0.25, -0.2) is 0 Å². The van der Waals surface area contributed by atoms with Crippen molar-refractivity contribution in [1.82, 2.24) is 4.90 Å². The molecule has 2 heteroatoms. The molecule has 0 N–H and O–H groups in total. The minimum Gasteiger partial charge on any atom is -0.346 e. The van der Waals surface area contributed by atoms with Crippen LogP contribution in [0.5, 0.6) is 0 Å². The number of anilines is 1. The summed E-state index contributed by atoms with van der Waals surface area (Å²) < 4.78 is 16.8. The fourth-order valence-electron chi connectivity index (χ4n) is 2.40. The maximum absolute atomic E-state index is 8.49. The van der Waals surface area contributed by atoms with Gasteiger partial charge in [0.15, 0.2) is 0 Å². The molecule has 0 saturated carbocycles. The van der Waals surface area contributed by atoms with Crippen LogP contribution >= 0.6 is 0 Å². The van der Waals surface area contributed by atoms with Crippen LogP contribution in [-0.2, 0) is 0 Å². The van der Waals surface area contributed by atoms with Gasteiger partial charge in [0, 0.05) is 17.4 Å². The lowest BCUT2D eigenvalue weighted by Gasteiger charge is -2.26. The van der Waals surface area contributed by atoms with Crippen LogP contribution in [0.3, 0.4) is 0 Å². The van der Waals surface area contributed by atoms with E-state index in [0.29, 0.717) is 0 Å². The molecule has 2 heterocycles. The molecule has 2 atom stereocenters. The van der Waals surface area contributed by atoms with Gasteiger partial charge in [0.1, 0.15) is 0 Å². The van der Waals surface area contributed by atoms with E-state index in [4.69, 9.17) is 2.74 Å². The fourth-order valence-corrected chi connectivity index (χ4v) is 2.40. The second-order valence-electron chi connectivity index (χ2n) is 4.59. The maximum Gasteiger partial charge on any atom is 0.0955 e. The van der Waals surface area contributed by atoms with Gasteiger partial charge in [-0.1, -0.05) is 24.3 Å². The quantitative estimate of drug-likeness (QED) is 0.728. The van der Waals surface area contributed by atoms with Gasteiger partial charge in [-0.3, -0.25) is 0 Å². The van der Waals surface area contributed by atoms with E-state index in [0.717, 1.165) is 22.6 Å². The summed E-state index contributed by atoms with van der Waals surface area (Å²) in [4.78, 5) is 3.84. The molecule has 0 amide bonds. The number of benzene rings is 1. The van der Waals surface area contributed by atoms with E-state index in [1.165, 1.54) is 0 Å². The van der Waals surface area contributed by atoms with Crippen LogP contribution < -0.4 is 4.90 Å². The second-order valence-corrected chi connectivity index (χ2v) is 4.59. The lowest BCUT2D eigenvalue weighted by Crippen LogP contribution is -2.31. The van der Waals surface area contributed by atoms with E-state index in [-0.39, 0.29) is 0 Å². The predicted molar refractivity (Wildman–Crippen MR) is 71.7 cm³/mol. The molecule has 1 aromatic carbocycles. The van der Waals surface area contributed by atoms with Crippen molar-refractivity contribution in [2.45, 2.75) is 26.8 Å². The maximum atomic E-state index is 8.49. The van der Waals surface area contributed by atoms with Crippen molar-refractivity contribution in [1.29, 1.82) is 0 Å². The summed E-state index contributed by atoms with van der Waals surface area (Å²) in [5, 5.41) is 0. The van der Waals surface area contributed by atoms with Gasteiger partial charge >= 0.3 is 0 Å². The number of aryl methyl sites for hydroxylation is 1. The number of hydrogen-bond donors (Lipinski definition) is 0. The summed E-state index contributed by atoms with van der Waals surface area (Å²) in [5.41, 5.74) is 4.23. The Hall–Kier alpha value is -1.70. The van der Waals surface area contributed by atoms with Gasteiger partial charge in [-0.2, -0.15) is 0 Å². The van der Waals surface area contributed by atoms with E-state index >= 15 is 0 Å². The molecular weight excluding hydrogens is 208 g/mol. The van der Waals surface area contributed by atoms with E-state index in [2.05, 4.69) is 13.0 Å². The first-order chi connectivity index (χ1) is 8.93. The van der Waals surface area contributed by atoms with E-state index in [1.54, 1.807) is 0 Å². The molecule has 2 aliphatic heterocycles. The summed E-state index contributed by atoms with van der Waals surface area (Å²) in [6.07, 6.45) is 3.81. The van der Waals surface area contributed by atoms with Crippen molar-refractivity contribution >= 4 is 5.69 Å². The van der Waals surface area contributed by atoms with Crippen LogP contribution in [0.15, 0.2) is 47.8 Å². The number of para-hydroxylation sites is 1. The fraction of sp³-hybridized carbons (Fsp3) is 0.333. The van der Waals surface area contributed by atoms with Gasteiger partial charge in [0.2, 0.25) is 0 Å². The summed E-state index contributed by atoms with van der Waals surface area (Å²) in [6.45, 7) is 5.33. The third kappa shape index (κ3) is 1.47. The SMILES string of the molecule is [2H]C1N(c2ccccc2C)C(C)=C2C=CC([2H])(C)N21. The molecule has 88 valence electrons. The van der Waals surface area contributed by atoms with Crippen LogP contribution in [0.2, 0.25) is 0 Å². The third-order valence-corrected chi connectivity index (χ3v) is 3.46. The average Bonchev–Trinajstić information content (AvgIpc) is 2.79. The molecule has 17 heavy (non-hydrogen) atoms.